The number of likely N-dealkylation sites (N-methyl/N-ethyl adjacent to an activating group) is 1. The second-order valence-electron chi connectivity index (χ2n) is 7.05. The lowest BCUT2D eigenvalue weighted by atomic mass is 10.1. The zero-order valence-electron chi connectivity index (χ0n) is 18.1. The number of nitro groups is 1. The van der Waals surface area contributed by atoms with Gasteiger partial charge in [-0.15, -0.1) is 0 Å². The van der Waals surface area contributed by atoms with Crippen LogP contribution < -0.4 is 20.7 Å². The minimum Gasteiger partial charge on any atom is -0.484 e. The van der Waals surface area contributed by atoms with E-state index in [4.69, 9.17) is 4.74 Å². The summed E-state index contributed by atoms with van der Waals surface area (Å²) >= 11 is 0. The highest BCUT2D eigenvalue weighted by atomic mass is 16.6. The average molecular weight is 449 g/mol. The van der Waals surface area contributed by atoms with Crippen LogP contribution in [0.4, 0.5) is 17.1 Å². The molecule has 3 N–H and O–H groups in total. The van der Waals surface area contributed by atoms with Crippen LogP contribution in [-0.4, -0.2) is 35.4 Å². The third-order valence-electron chi connectivity index (χ3n) is 4.70. The number of hydrogen-bond acceptors (Lipinski definition) is 7. The van der Waals surface area contributed by atoms with Gasteiger partial charge in [-0.2, -0.15) is 0 Å². The third kappa shape index (κ3) is 6.26. The fraction of sp³-hybridized carbons (Fsp3) is 0.174. The number of rotatable bonds is 9. The van der Waals surface area contributed by atoms with Crippen molar-refractivity contribution in [2.24, 2.45) is 0 Å². The summed E-state index contributed by atoms with van der Waals surface area (Å²) in [5.74, 6) is -0.417. The molecule has 0 saturated carbocycles. The van der Waals surface area contributed by atoms with Crippen LogP contribution in [0, 0.1) is 10.1 Å². The molecule has 0 aliphatic rings. The van der Waals surface area contributed by atoms with E-state index < -0.39 is 10.8 Å². The van der Waals surface area contributed by atoms with Crippen molar-refractivity contribution in [3.63, 3.8) is 0 Å². The lowest BCUT2D eigenvalue weighted by molar-refractivity contribution is -0.384. The number of hydrogen-bond donors (Lipinski definition) is 3. The zero-order valence-corrected chi connectivity index (χ0v) is 18.1. The molecule has 3 rings (SSSR count). The fourth-order valence-electron chi connectivity index (χ4n) is 2.97. The Labute approximate surface area is 190 Å². The molecule has 10 nitrogen and oxygen atoms in total. The molecule has 1 heterocycles. The molecule has 0 aliphatic heterocycles. The summed E-state index contributed by atoms with van der Waals surface area (Å²) in [5.41, 5.74) is 1.32. The number of carbonyl (C=O) groups excluding carboxylic acids is 2. The molecule has 0 fully saturated rings. The van der Waals surface area contributed by atoms with Gasteiger partial charge in [-0.05, 0) is 43.3 Å². The second kappa shape index (κ2) is 10.7. The fourth-order valence-corrected chi connectivity index (χ4v) is 2.97. The van der Waals surface area contributed by atoms with Gasteiger partial charge in [0.05, 0.1) is 16.7 Å². The number of amides is 2. The van der Waals surface area contributed by atoms with Crippen LogP contribution in [0.2, 0.25) is 0 Å². The van der Waals surface area contributed by atoms with E-state index in [1.165, 1.54) is 25.2 Å². The first-order valence-electron chi connectivity index (χ1n) is 10.1. The van der Waals surface area contributed by atoms with E-state index in [9.17, 15) is 19.7 Å². The Morgan fingerprint density at radius 3 is 2.64 bits per heavy atom. The molecule has 2 aromatic carbocycles. The van der Waals surface area contributed by atoms with Crippen molar-refractivity contribution in [1.29, 1.82) is 0 Å². The topological polar surface area (TPSA) is 135 Å². The number of nitrogens with one attached hydrogen (secondary N) is 3. The first kappa shape index (κ1) is 23.2. The van der Waals surface area contributed by atoms with Crippen LogP contribution in [0.3, 0.4) is 0 Å². The SMILES string of the molecule is CNC(=O)COc1cccc(NC(=O)c2ccc(NC(C)c3ccccn3)c([N+](=O)[O-])c2)c1. The van der Waals surface area contributed by atoms with Crippen molar-refractivity contribution >= 4 is 28.9 Å². The number of carbonyl (C=O) groups is 2. The summed E-state index contributed by atoms with van der Waals surface area (Å²) in [5, 5.41) is 19.8. The van der Waals surface area contributed by atoms with E-state index in [0.717, 1.165) is 5.69 Å². The minimum absolute atomic E-state index is 0.120. The summed E-state index contributed by atoms with van der Waals surface area (Å²) in [6, 6.07) is 15.9. The maximum absolute atomic E-state index is 12.7. The van der Waals surface area contributed by atoms with E-state index in [2.05, 4.69) is 20.9 Å². The number of aromatic nitrogens is 1. The van der Waals surface area contributed by atoms with Crippen LogP contribution in [0.15, 0.2) is 66.9 Å². The second-order valence-corrected chi connectivity index (χ2v) is 7.05. The number of ether oxygens (including phenoxy) is 1. The highest BCUT2D eigenvalue weighted by Gasteiger charge is 2.20. The predicted octanol–water partition coefficient (Wildman–Crippen LogP) is 3.54. The molecule has 2 amide bonds. The van der Waals surface area contributed by atoms with Crippen LogP contribution in [0.5, 0.6) is 5.75 Å². The Morgan fingerprint density at radius 2 is 1.94 bits per heavy atom. The van der Waals surface area contributed by atoms with Gasteiger partial charge in [-0.3, -0.25) is 24.7 Å². The number of pyridine rings is 1. The Balaban J connectivity index is 1.74. The van der Waals surface area contributed by atoms with Gasteiger partial charge in [0.25, 0.3) is 17.5 Å². The van der Waals surface area contributed by atoms with Gasteiger partial charge in [0.1, 0.15) is 11.4 Å². The van der Waals surface area contributed by atoms with Gasteiger partial charge < -0.3 is 20.7 Å². The molecule has 1 unspecified atom stereocenters. The van der Waals surface area contributed by atoms with Crippen molar-refractivity contribution in [2.45, 2.75) is 13.0 Å². The van der Waals surface area contributed by atoms with Crippen molar-refractivity contribution in [1.82, 2.24) is 10.3 Å². The minimum atomic E-state index is -0.544. The molecule has 170 valence electrons. The van der Waals surface area contributed by atoms with Crippen molar-refractivity contribution in [3.8, 4) is 5.75 Å². The number of benzene rings is 2. The Bertz CT molecular complexity index is 1150. The zero-order chi connectivity index (χ0) is 23.8. The molecule has 33 heavy (non-hydrogen) atoms. The average Bonchev–Trinajstić information content (AvgIpc) is 2.83. The van der Waals surface area contributed by atoms with Gasteiger partial charge in [0.2, 0.25) is 0 Å². The van der Waals surface area contributed by atoms with Crippen LogP contribution >= 0.6 is 0 Å². The van der Waals surface area contributed by atoms with Gasteiger partial charge in [0.15, 0.2) is 6.61 Å². The quantitative estimate of drug-likeness (QED) is 0.336. The van der Waals surface area contributed by atoms with Crippen molar-refractivity contribution in [2.75, 3.05) is 24.3 Å². The number of nitro benzene ring substituents is 1. The highest BCUT2D eigenvalue weighted by molar-refractivity contribution is 6.05. The summed E-state index contributed by atoms with van der Waals surface area (Å²) in [7, 11) is 1.50. The molecule has 0 spiro atoms. The summed E-state index contributed by atoms with van der Waals surface area (Å²) in [6.45, 7) is 1.68. The van der Waals surface area contributed by atoms with Gasteiger partial charge in [-0.1, -0.05) is 12.1 Å². The normalized spacial score (nSPS) is 11.2. The summed E-state index contributed by atoms with van der Waals surface area (Å²) in [4.78, 5) is 39.4. The van der Waals surface area contributed by atoms with Crippen LogP contribution in [0.25, 0.3) is 0 Å². The van der Waals surface area contributed by atoms with E-state index in [-0.39, 0.29) is 35.5 Å². The Kier molecular flexibility index (Phi) is 7.53. The monoisotopic (exact) mass is 449 g/mol. The van der Waals surface area contributed by atoms with Crippen LogP contribution in [0.1, 0.15) is 29.0 Å². The smallest absolute Gasteiger partial charge is 0.293 e. The van der Waals surface area contributed by atoms with E-state index in [1.54, 1.807) is 36.5 Å². The van der Waals surface area contributed by atoms with Gasteiger partial charge in [0, 0.05) is 36.6 Å². The predicted molar refractivity (Wildman–Crippen MR) is 123 cm³/mol. The lowest BCUT2D eigenvalue weighted by Crippen LogP contribution is -2.24. The molecule has 0 radical (unpaired) electrons. The van der Waals surface area contributed by atoms with Gasteiger partial charge >= 0.3 is 0 Å². The summed E-state index contributed by atoms with van der Waals surface area (Å²) in [6.07, 6.45) is 1.65. The van der Waals surface area contributed by atoms with Gasteiger partial charge in [-0.25, -0.2) is 0 Å². The Hall–Kier alpha value is -4.47. The highest BCUT2D eigenvalue weighted by Crippen LogP contribution is 2.29. The largest absolute Gasteiger partial charge is 0.484 e. The van der Waals surface area contributed by atoms with E-state index in [1.807, 2.05) is 19.1 Å². The van der Waals surface area contributed by atoms with Crippen molar-refractivity contribution in [3.05, 3.63) is 88.2 Å². The molecule has 3 aromatic rings. The van der Waals surface area contributed by atoms with Crippen molar-refractivity contribution < 1.29 is 19.2 Å². The molecule has 0 aliphatic carbocycles. The molecule has 10 heteroatoms. The molecule has 1 aromatic heterocycles. The van der Waals surface area contributed by atoms with Crippen LogP contribution in [-0.2, 0) is 4.79 Å². The van der Waals surface area contributed by atoms with E-state index >= 15 is 0 Å². The summed E-state index contributed by atoms with van der Waals surface area (Å²) < 4.78 is 5.36. The first-order valence-corrected chi connectivity index (χ1v) is 10.1. The standard InChI is InChI=1S/C23H23N5O5/c1-15(19-8-3-4-11-25-19)26-20-10-9-16(12-21(20)28(31)32)23(30)27-17-6-5-7-18(13-17)33-14-22(29)24-2/h3-13,15,26H,14H2,1-2H3,(H,24,29)(H,27,30). The molecular formula is C23H23N5O5. The third-order valence-corrected chi connectivity index (χ3v) is 4.70. The molecule has 0 saturated heterocycles. The maximum Gasteiger partial charge on any atom is 0.293 e. The molecule has 0 bridgehead atoms. The number of nitrogens with zero attached hydrogens (tertiary/aromatic N) is 2. The molecule has 1 atom stereocenters. The van der Waals surface area contributed by atoms with E-state index in [0.29, 0.717) is 11.4 Å². The maximum atomic E-state index is 12.7. The Morgan fingerprint density at radius 1 is 1.12 bits per heavy atom. The lowest BCUT2D eigenvalue weighted by Gasteiger charge is -2.15. The number of anilines is 2. The molecular weight excluding hydrogens is 426 g/mol. The first-order chi connectivity index (χ1) is 15.9.